The zero-order valence-corrected chi connectivity index (χ0v) is 8.20. The van der Waals surface area contributed by atoms with Gasteiger partial charge in [-0.25, -0.2) is 0 Å². The second-order valence-electron chi connectivity index (χ2n) is 2.88. The van der Waals surface area contributed by atoms with E-state index in [-0.39, 0.29) is 0 Å². The van der Waals surface area contributed by atoms with Crippen LogP contribution in [0.25, 0.3) is 6.08 Å². The zero-order chi connectivity index (χ0) is 10.2. The van der Waals surface area contributed by atoms with Crippen molar-refractivity contribution in [3.05, 3.63) is 35.7 Å². The molecule has 1 rings (SSSR count). The van der Waals surface area contributed by atoms with Crippen LogP contribution in [0.4, 0.5) is 0 Å². The first-order valence-corrected chi connectivity index (χ1v) is 4.54. The van der Waals surface area contributed by atoms with Crippen LogP contribution in [0.1, 0.15) is 17.7 Å². The third kappa shape index (κ3) is 3.38. The number of aromatic nitrogens is 1. The summed E-state index contributed by atoms with van der Waals surface area (Å²) < 4.78 is 0. The summed E-state index contributed by atoms with van der Waals surface area (Å²) in [5.74, 6) is 0. The SMILES string of the molecule is CNCCC=Cc1cc(C#N)ccn1. The number of rotatable bonds is 4. The minimum Gasteiger partial charge on any atom is -0.319 e. The summed E-state index contributed by atoms with van der Waals surface area (Å²) in [6.07, 6.45) is 6.59. The number of nitrogens with one attached hydrogen (secondary N) is 1. The Morgan fingerprint density at radius 2 is 2.50 bits per heavy atom. The van der Waals surface area contributed by atoms with Crippen molar-refractivity contribution in [2.24, 2.45) is 0 Å². The first-order valence-electron chi connectivity index (χ1n) is 4.54. The molecule has 0 radical (unpaired) electrons. The van der Waals surface area contributed by atoms with Gasteiger partial charge in [0.2, 0.25) is 0 Å². The lowest BCUT2D eigenvalue weighted by atomic mass is 10.2. The zero-order valence-electron chi connectivity index (χ0n) is 8.20. The molecule has 0 unspecified atom stereocenters. The fourth-order valence-electron chi connectivity index (χ4n) is 1.04. The van der Waals surface area contributed by atoms with Crippen molar-refractivity contribution < 1.29 is 0 Å². The van der Waals surface area contributed by atoms with Crippen molar-refractivity contribution >= 4 is 6.08 Å². The Hall–Kier alpha value is -1.66. The van der Waals surface area contributed by atoms with Crippen molar-refractivity contribution in [3.63, 3.8) is 0 Å². The highest BCUT2D eigenvalue weighted by molar-refractivity contribution is 5.47. The Bertz CT molecular complexity index is 350. The Kier molecular flexibility index (Phi) is 4.39. The normalized spacial score (nSPS) is 10.3. The molecule has 0 aliphatic heterocycles. The molecule has 0 amide bonds. The van der Waals surface area contributed by atoms with E-state index in [9.17, 15) is 0 Å². The van der Waals surface area contributed by atoms with Gasteiger partial charge in [0, 0.05) is 6.20 Å². The Morgan fingerprint density at radius 1 is 1.64 bits per heavy atom. The van der Waals surface area contributed by atoms with Crippen LogP contribution in [0.3, 0.4) is 0 Å². The van der Waals surface area contributed by atoms with E-state index in [0.29, 0.717) is 5.56 Å². The van der Waals surface area contributed by atoms with E-state index >= 15 is 0 Å². The highest BCUT2D eigenvalue weighted by Crippen LogP contribution is 2.02. The van der Waals surface area contributed by atoms with Crippen molar-refractivity contribution in [2.45, 2.75) is 6.42 Å². The summed E-state index contributed by atoms with van der Waals surface area (Å²) >= 11 is 0. The molecular weight excluding hydrogens is 174 g/mol. The molecular formula is C11H13N3. The topological polar surface area (TPSA) is 48.7 Å². The minimum absolute atomic E-state index is 0.647. The molecule has 3 heteroatoms. The van der Waals surface area contributed by atoms with Crippen molar-refractivity contribution in [3.8, 4) is 6.07 Å². The predicted molar refractivity (Wildman–Crippen MR) is 56.5 cm³/mol. The van der Waals surface area contributed by atoms with E-state index in [1.54, 1.807) is 18.3 Å². The van der Waals surface area contributed by atoms with Crippen LogP contribution in [0.2, 0.25) is 0 Å². The average molecular weight is 187 g/mol. The van der Waals surface area contributed by atoms with Gasteiger partial charge in [0.15, 0.2) is 0 Å². The van der Waals surface area contributed by atoms with Gasteiger partial charge in [0.05, 0.1) is 17.3 Å². The number of pyridine rings is 1. The van der Waals surface area contributed by atoms with E-state index in [0.717, 1.165) is 18.7 Å². The molecule has 14 heavy (non-hydrogen) atoms. The van der Waals surface area contributed by atoms with Crippen LogP contribution >= 0.6 is 0 Å². The number of nitrogens with zero attached hydrogens (tertiary/aromatic N) is 2. The first-order chi connectivity index (χ1) is 6.86. The van der Waals surface area contributed by atoms with Crippen molar-refractivity contribution in [1.82, 2.24) is 10.3 Å². The molecule has 1 aromatic heterocycles. The van der Waals surface area contributed by atoms with Gasteiger partial charge in [-0.1, -0.05) is 6.08 Å². The molecule has 0 saturated heterocycles. The van der Waals surface area contributed by atoms with Gasteiger partial charge >= 0.3 is 0 Å². The lowest BCUT2D eigenvalue weighted by Gasteiger charge is -1.93. The molecule has 1 N–H and O–H groups in total. The predicted octanol–water partition coefficient (Wildman–Crippen LogP) is 1.58. The van der Waals surface area contributed by atoms with Crippen LogP contribution < -0.4 is 5.32 Å². The molecule has 0 aromatic carbocycles. The lowest BCUT2D eigenvalue weighted by Crippen LogP contribution is -2.05. The molecule has 1 aromatic rings. The molecule has 1 heterocycles. The molecule has 72 valence electrons. The molecule has 0 fully saturated rings. The molecule has 0 aliphatic rings. The monoisotopic (exact) mass is 187 g/mol. The summed E-state index contributed by atoms with van der Waals surface area (Å²) in [5, 5.41) is 11.7. The molecule has 0 spiro atoms. The van der Waals surface area contributed by atoms with E-state index in [1.807, 2.05) is 19.2 Å². The maximum atomic E-state index is 8.66. The highest BCUT2D eigenvalue weighted by Gasteiger charge is 1.91. The van der Waals surface area contributed by atoms with Gasteiger partial charge in [-0.05, 0) is 38.2 Å². The summed E-state index contributed by atoms with van der Waals surface area (Å²) in [7, 11) is 1.92. The van der Waals surface area contributed by atoms with Gasteiger partial charge in [-0.2, -0.15) is 5.26 Å². The van der Waals surface area contributed by atoms with E-state index < -0.39 is 0 Å². The molecule has 0 atom stereocenters. The number of nitriles is 1. The van der Waals surface area contributed by atoms with Crippen LogP contribution in [-0.4, -0.2) is 18.6 Å². The minimum atomic E-state index is 0.647. The van der Waals surface area contributed by atoms with E-state index in [2.05, 4.69) is 16.4 Å². The third-order valence-corrected chi connectivity index (χ3v) is 1.76. The third-order valence-electron chi connectivity index (χ3n) is 1.76. The van der Waals surface area contributed by atoms with Crippen LogP contribution in [0, 0.1) is 11.3 Å². The molecule has 0 saturated carbocycles. The molecule has 0 bridgehead atoms. The summed E-state index contributed by atoms with van der Waals surface area (Å²) in [4.78, 5) is 4.13. The van der Waals surface area contributed by atoms with Crippen LogP contribution in [0.15, 0.2) is 24.4 Å². The van der Waals surface area contributed by atoms with E-state index in [1.165, 1.54) is 0 Å². The summed E-state index contributed by atoms with van der Waals surface area (Å²) in [6.45, 7) is 0.953. The number of hydrogen-bond acceptors (Lipinski definition) is 3. The average Bonchev–Trinajstić information content (AvgIpc) is 2.25. The largest absolute Gasteiger partial charge is 0.319 e. The van der Waals surface area contributed by atoms with Gasteiger partial charge in [0.25, 0.3) is 0 Å². The van der Waals surface area contributed by atoms with Crippen LogP contribution in [0.5, 0.6) is 0 Å². The first kappa shape index (κ1) is 10.4. The fraction of sp³-hybridized carbons (Fsp3) is 0.273. The smallest absolute Gasteiger partial charge is 0.0992 e. The van der Waals surface area contributed by atoms with Gasteiger partial charge < -0.3 is 5.32 Å². The van der Waals surface area contributed by atoms with Gasteiger partial charge in [-0.3, -0.25) is 4.98 Å². The van der Waals surface area contributed by atoms with Crippen molar-refractivity contribution in [1.29, 1.82) is 5.26 Å². The van der Waals surface area contributed by atoms with Gasteiger partial charge in [0.1, 0.15) is 0 Å². The standard InChI is InChI=1S/C11H13N3/c1-13-6-3-2-4-11-8-10(9-12)5-7-14-11/h2,4-5,7-8,13H,3,6H2,1H3. The van der Waals surface area contributed by atoms with Gasteiger partial charge in [-0.15, -0.1) is 0 Å². The second-order valence-corrected chi connectivity index (χ2v) is 2.88. The maximum absolute atomic E-state index is 8.66. The van der Waals surface area contributed by atoms with E-state index in [4.69, 9.17) is 5.26 Å². The Balaban J connectivity index is 2.59. The fourth-order valence-corrected chi connectivity index (χ4v) is 1.04. The quantitative estimate of drug-likeness (QED) is 0.728. The summed E-state index contributed by atoms with van der Waals surface area (Å²) in [6, 6.07) is 5.56. The second kappa shape index (κ2) is 5.90. The lowest BCUT2D eigenvalue weighted by molar-refractivity contribution is 0.809. The highest BCUT2D eigenvalue weighted by atomic mass is 14.8. The van der Waals surface area contributed by atoms with Crippen molar-refractivity contribution in [2.75, 3.05) is 13.6 Å². The summed E-state index contributed by atoms with van der Waals surface area (Å²) in [5.41, 5.74) is 1.48. The Labute approximate surface area is 84.1 Å². The molecule has 0 aliphatic carbocycles. The van der Waals surface area contributed by atoms with Crippen LogP contribution in [-0.2, 0) is 0 Å². The number of hydrogen-bond donors (Lipinski definition) is 1. The Morgan fingerprint density at radius 3 is 3.21 bits per heavy atom. The molecule has 3 nitrogen and oxygen atoms in total. The maximum Gasteiger partial charge on any atom is 0.0992 e.